The molecule has 2 aromatic rings. The lowest BCUT2D eigenvalue weighted by molar-refractivity contribution is -0.169. The van der Waals surface area contributed by atoms with Gasteiger partial charge in [-0.05, 0) is 62.4 Å². The number of methoxy groups -OCH3 is 2. The lowest BCUT2D eigenvalue weighted by Gasteiger charge is -2.27. The molecule has 11 heteroatoms. The van der Waals surface area contributed by atoms with Crippen molar-refractivity contribution in [2.45, 2.75) is 50.3 Å². The molecule has 0 bridgehead atoms. The molecular formula is C30H39NO9S. The molecule has 0 fully saturated rings. The first-order chi connectivity index (χ1) is 19.5. The number of allylic oxidation sites excluding steroid dienone is 1. The summed E-state index contributed by atoms with van der Waals surface area (Å²) in [5.41, 5.74) is -0.262. The summed E-state index contributed by atoms with van der Waals surface area (Å²) in [6.45, 7) is 2.20. The van der Waals surface area contributed by atoms with Gasteiger partial charge in [-0.25, -0.2) is 13.2 Å². The largest absolute Gasteiger partial charge is 0.478 e. The zero-order valence-electron chi connectivity index (χ0n) is 23.7. The molecule has 0 aromatic heterocycles. The van der Waals surface area contributed by atoms with Gasteiger partial charge in [-0.1, -0.05) is 54.8 Å². The molecule has 0 radical (unpaired) electrons. The third-order valence-corrected chi connectivity index (χ3v) is 8.65. The third-order valence-electron chi connectivity index (χ3n) is 6.78. The van der Waals surface area contributed by atoms with Crippen LogP contribution in [0, 0.1) is 12.3 Å². The van der Waals surface area contributed by atoms with Crippen molar-refractivity contribution in [2.24, 2.45) is 5.41 Å². The van der Waals surface area contributed by atoms with Crippen LogP contribution in [0.1, 0.15) is 53.6 Å². The molecule has 2 aromatic carbocycles. The molecule has 0 aliphatic carbocycles. The number of aliphatic hydroxyl groups excluding tert-OH is 1. The van der Waals surface area contributed by atoms with E-state index >= 15 is 0 Å². The summed E-state index contributed by atoms with van der Waals surface area (Å²) in [6, 6.07) is 12.4. The monoisotopic (exact) mass is 589 g/mol. The Hall–Kier alpha value is -3.54. The van der Waals surface area contributed by atoms with Crippen molar-refractivity contribution in [2.75, 3.05) is 33.9 Å². The Kier molecular flexibility index (Phi) is 13.2. The average Bonchev–Trinajstić information content (AvgIpc) is 2.96. The second kappa shape index (κ2) is 16.0. The van der Waals surface area contributed by atoms with E-state index in [2.05, 4.69) is 0 Å². The van der Waals surface area contributed by atoms with Gasteiger partial charge in [-0.2, -0.15) is 4.31 Å². The SMILES string of the molecule is COC(=O)C(C/C=C\CN(CCCCCCO)S(=O)(=O)c1ccc(C)cc1)(Cc1ccc(C(=O)O)cc1)C(=O)OC. The Morgan fingerprint density at radius 2 is 1.46 bits per heavy atom. The normalized spacial score (nSPS) is 12.0. The summed E-state index contributed by atoms with van der Waals surface area (Å²) >= 11 is 0. The molecule has 2 N–H and O–H groups in total. The van der Waals surface area contributed by atoms with Crippen molar-refractivity contribution in [3.8, 4) is 0 Å². The molecule has 0 heterocycles. The van der Waals surface area contributed by atoms with E-state index in [-0.39, 0.29) is 43.0 Å². The van der Waals surface area contributed by atoms with Crippen molar-refractivity contribution in [1.82, 2.24) is 4.31 Å². The lowest BCUT2D eigenvalue weighted by Crippen LogP contribution is -2.43. The van der Waals surface area contributed by atoms with Crippen LogP contribution in [0.15, 0.2) is 65.6 Å². The molecule has 0 amide bonds. The van der Waals surface area contributed by atoms with Gasteiger partial charge in [0.25, 0.3) is 0 Å². The van der Waals surface area contributed by atoms with E-state index in [0.717, 1.165) is 32.6 Å². The zero-order chi connectivity index (χ0) is 30.5. The quantitative estimate of drug-likeness (QED) is 0.122. The minimum atomic E-state index is -3.83. The number of esters is 2. The van der Waals surface area contributed by atoms with Crippen LogP contribution in [0.3, 0.4) is 0 Å². The van der Waals surface area contributed by atoms with Gasteiger partial charge >= 0.3 is 17.9 Å². The number of carboxylic acids is 1. The number of carboxylic acid groups (broad SMARTS) is 1. The van der Waals surface area contributed by atoms with E-state index < -0.39 is 33.3 Å². The van der Waals surface area contributed by atoms with Crippen molar-refractivity contribution >= 4 is 27.9 Å². The number of carbonyl (C=O) groups excluding carboxylic acids is 2. The second-order valence-electron chi connectivity index (χ2n) is 9.73. The highest BCUT2D eigenvalue weighted by Gasteiger charge is 2.47. The number of nitrogens with zero attached hydrogens (tertiary/aromatic N) is 1. The number of rotatable bonds is 17. The first-order valence-corrected chi connectivity index (χ1v) is 14.8. The number of sulfonamides is 1. The van der Waals surface area contributed by atoms with Gasteiger partial charge < -0.3 is 19.7 Å². The van der Waals surface area contributed by atoms with Crippen LogP contribution in [0.25, 0.3) is 0 Å². The van der Waals surface area contributed by atoms with E-state index in [1.807, 2.05) is 6.92 Å². The minimum Gasteiger partial charge on any atom is -0.478 e. The summed E-state index contributed by atoms with van der Waals surface area (Å²) in [5, 5.41) is 18.2. The number of benzene rings is 2. The fraction of sp³-hybridized carbons (Fsp3) is 0.433. The molecule has 0 spiro atoms. The fourth-order valence-electron chi connectivity index (χ4n) is 4.37. The molecule has 0 saturated carbocycles. The first-order valence-electron chi connectivity index (χ1n) is 13.3. The maximum Gasteiger partial charge on any atom is 0.335 e. The van der Waals surface area contributed by atoms with Crippen LogP contribution in [0.2, 0.25) is 0 Å². The number of aromatic carboxylic acids is 1. The van der Waals surface area contributed by atoms with Crippen LogP contribution in [-0.4, -0.2) is 74.8 Å². The Labute approximate surface area is 241 Å². The molecule has 2 rings (SSSR count). The number of ether oxygens (including phenoxy) is 2. The highest BCUT2D eigenvalue weighted by molar-refractivity contribution is 7.89. The van der Waals surface area contributed by atoms with Gasteiger partial charge in [0.1, 0.15) is 0 Å². The number of hydrogen-bond donors (Lipinski definition) is 2. The average molecular weight is 590 g/mol. The first kappa shape index (κ1) is 33.7. The molecule has 0 saturated heterocycles. The van der Waals surface area contributed by atoms with Gasteiger partial charge in [0, 0.05) is 19.7 Å². The fourth-order valence-corrected chi connectivity index (χ4v) is 5.80. The van der Waals surface area contributed by atoms with Gasteiger partial charge in [-0.15, -0.1) is 0 Å². The molecule has 41 heavy (non-hydrogen) atoms. The van der Waals surface area contributed by atoms with E-state index in [4.69, 9.17) is 19.7 Å². The summed E-state index contributed by atoms with van der Waals surface area (Å²) in [6.07, 6.45) is 5.66. The van der Waals surface area contributed by atoms with Crippen molar-refractivity contribution in [3.63, 3.8) is 0 Å². The van der Waals surface area contributed by atoms with Crippen LogP contribution < -0.4 is 0 Å². The van der Waals surface area contributed by atoms with E-state index in [1.165, 1.54) is 28.6 Å². The van der Waals surface area contributed by atoms with Gasteiger partial charge in [0.2, 0.25) is 10.0 Å². The van der Waals surface area contributed by atoms with E-state index in [9.17, 15) is 22.8 Å². The van der Waals surface area contributed by atoms with E-state index in [1.54, 1.807) is 36.4 Å². The molecule has 10 nitrogen and oxygen atoms in total. The standard InChI is InChI=1S/C30H39NO9S/c1-23-10-16-26(17-11-23)41(37,38)31(19-7-4-5-9-21-32)20-8-6-18-30(28(35)39-2,29(36)40-3)22-24-12-14-25(15-13-24)27(33)34/h6,8,10-17,32H,4-5,7,9,18-22H2,1-3H3,(H,33,34)/b8-6-. The minimum absolute atomic E-state index is 0.00193. The summed E-state index contributed by atoms with van der Waals surface area (Å²) < 4.78 is 38.2. The van der Waals surface area contributed by atoms with Gasteiger partial charge in [-0.3, -0.25) is 9.59 Å². The second-order valence-corrected chi connectivity index (χ2v) is 11.7. The zero-order valence-corrected chi connectivity index (χ0v) is 24.6. The predicted octanol–water partition coefficient (Wildman–Crippen LogP) is 3.76. The van der Waals surface area contributed by atoms with Crippen LogP contribution in [-0.2, 0) is 35.5 Å². The summed E-state index contributed by atoms with van der Waals surface area (Å²) in [5.74, 6) is -2.76. The Morgan fingerprint density at radius 1 is 0.878 bits per heavy atom. The Bertz CT molecular complexity index is 1270. The number of aliphatic hydroxyl groups is 1. The molecule has 224 valence electrons. The lowest BCUT2D eigenvalue weighted by atomic mass is 9.78. The predicted molar refractivity (Wildman–Crippen MR) is 153 cm³/mol. The molecule has 0 aliphatic rings. The highest BCUT2D eigenvalue weighted by Crippen LogP contribution is 2.32. The molecule has 0 aliphatic heterocycles. The number of hydrogen-bond acceptors (Lipinski definition) is 8. The number of carbonyl (C=O) groups is 3. The third kappa shape index (κ3) is 9.24. The smallest absolute Gasteiger partial charge is 0.335 e. The highest BCUT2D eigenvalue weighted by atomic mass is 32.2. The molecule has 0 unspecified atom stereocenters. The van der Waals surface area contributed by atoms with Gasteiger partial charge in [0.05, 0.1) is 24.7 Å². The Morgan fingerprint density at radius 3 is 2.00 bits per heavy atom. The number of aryl methyl sites for hydroxylation is 1. The number of unbranched alkanes of at least 4 members (excludes halogenated alkanes) is 3. The summed E-state index contributed by atoms with van der Waals surface area (Å²) in [7, 11) is -1.51. The maximum absolute atomic E-state index is 13.4. The van der Waals surface area contributed by atoms with Crippen molar-refractivity contribution in [3.05, 3.63) is 77.4 Å². The van der Waals surface area contributed by atoms with E-state index in [0.29, 0.717) is 18.4 Å². The van der Waals surface area contributed by atoms with Crippen LogP contribution in [0.5, 0.6) is 0 Å². The maximum atomic E-state index is 13.4. The van der Waals surface area contributed by atoms with Crippen molar-refractivity contribution < 1.29 is 42.5 Å². The van der Waals surface area contributed by atoms with Crippen LogP contribution >= 0.6 is 0 Å². The topological polar surface area (TPSA) is 148 Å². The summed E-state index contributed by atoms with van der Waals surface area (Å²) in [4.78, 5) is 37.3. The van der Waals surface area contributed by atoms with Crippen molar-refractivity contribution in [1.29, 1.82) is 0 Å². The molecular weight excluding hydrogens is 550 g/mol. The van der Waals surface area contributed by atoms with Gasteiger partial charge in [0.15, 0.2) is 5.41 Å². The van der Waals surface area contributed by atoms with Crippen LogP contribution in [0.4, 0.5) is 0 Å². The Balaban J connectivity index is 2.32. The molecule has 0 atom stereocenters.